The van der Waals surface area contributed by atoms with Crippen molar-refractivity contribution >= 4 is 40.5 Å². The van der Waals surface area contributed by atoms with E-state index in [1.165, 1.54) is 0 Å². The maximum absolute atomic E-state index is 13.8. The third-order valence-electron chi connectivity index (χ3n) is 6.98. The highest BCUT2D eigenvalue weighted by molar-refractivity contribution is 6.30. The van der Waals surface area contributed by atoms with Gasteiger partial charge in [-0.05, 0) is 42.7 Å². The van der Waals surface area contributed by atoms with Crippen molar-refractivity contribution in [3.05, 3.63) is 58.9 Å². The number of ketones is 1. The van der Waals surface area contributed by atoms with Gasteiger partial charge in [-0.25, -0.2) is 4.79 Å². The lowest BCUT2D eigenvalue weighted by Crippen LogP contribution is -2.46. The second kappa shape index (κ2) is 11.6. The van der Waals surface area contributed by atoms with Crippen molar-refractivity contribution in [3.63, 3.8) is 0 Å². The third-order valence-corrected chi connectivity index (χ3v) is 7.23. The first-order valence-electron chi connectivity index (χ1n) is 13.0. The van der Waals surface area contributed by atoms with E-state index < -0.39 is 0 Å². The molecular weight excluding hydrogens is 492 g/mol. The average Bonchev–Trinajstić information content (AvgIpc) is 3.38. The molecule has 3 aliphatic rings. The maximum atomic E-state index is 13.8. The van der Waals surface area contributed by atoms with Crippen molar-refractivity contribution in [1.82, 2.24) is 9.88 Å². The molecule has 0 saturated carbocycles. The fourth-order valence-corrected chi connectivity index (χ4v) is 5.13. The van der Waals surface area contributed by atoms with Crippen LogP contribution in [0.2, 0.25) is 5.02 Å². The van der Waals surface area contributed by atoms with Crippen molar-refractivity contribution in [1.29, 1.82) is 0 Å². The monoisotopic (exact) mass is 524 g/mol. The van der Waals surface area contributed by atoms with Gasteiger partial charge in [-0.15, -0.1) is 0 Å². The number of carbonyl (C=O) groups excluding carboxylic acids is 2. The second-order valence-electron chi connectivity index (χ2n) is 9.61. The highest BCUT2D eigenvalue weighted by Crippen LogP contribution is 2.42. The molecule has 0 radical (unpaired) electrons. The number of benzene rings is 1. The van der Waals surface area contributed by atoms with Gasteiger partial charge in [0.05, 0.1) is 48.9 Å². The van der Waals surface area contributed by atoms with Crippen LogP contribution in [0.3, 0.4) is 0 Å². The molecule has 2 aromatic rings. The molecule has 5 rings (SSSR count). The molecule has 1 aromatic carbocycles. The number of anilines is 2. The van der Waals surface area contributed by atoms with E-state index in [0.717, 1.165) is 47.8 Å². The summed E-state index contributed by atoms with van der Waals surface area (Å²) in [5, 5.41) is 0.650. The zero-order valence-electron chi connectivity index (χ0n) is 21.2. The minimum atomic E-state index is -0.339. The summed E-state index contributed by atoms with van der Waals surface area (Å²) in [5.74, 6) is -0.209. The second-order valence-corrected chi connectivity index (χ2v) is 10.0. The number of halogens is 1. The van der Waals surface area contributed by atoms with Crippen LogP contribution in [0.4, 0.5) is 16.2 Å². The van der Waals surface area contributed by atoms with Crippen LogP contribution in [0.15, 0.2) is 42.6 Å². The lowest BCUT2D eigenvalue weighted by Gasteiger charge is -2.37. The molecule has 196 valence electrons. The molecule has 1 fully saturated rings. The van der Waals surface area contributed by atoms with Gasteiger partial charge < -0.3 is 14.4 Å². The van der Waals surface area contributed by atoms with Crippen LogP contribution in [0.1, 0.15) is 37.4 Å². The van der Waals surface area contributed by atoms with E-state index >= 15 is 0 Å². The van der Waals surface area contributed by atoms with Gasteiger partial charge in [-0.1, -0.05) is 30.7 Å². The normalized spacial score (nSPS) is 19.1. The number of pyridine rings is 1. The van der Waals surface area contributed by atoms with Gasteiger partial charge in [0, 0.05) is 44.3 Å². The van der Waals surface area contributed by atoms with Crippen molar-refractivity contribution in [2.24, 2.45) is 5.92 Å². The Morgan fingerprint density at radius 1 is 1.19 bits per heavy atom. The van der Waals surface area contributed by atoms with Crippen LogP contribution >= 0.6 is 11.6 Å². The zero-order chi connectivity index (χ0) is 25.8. The van der Waals surface area contributed by atoms with E-state index in [-0.39, 0.29) is 17.7 Å². The van der Waals surface area contributed by atoms with Crippen molar-refractivity contribution in [2.45, 2.75) is 32.7 Å². The lowest BCUT2D eigenvalue weighted by molar-refractivity contribution is -0.121. The van der Waals surface area contributed by atoms with Gasteiger partial charge in [-0.3, -0.25) is 19.6 Å². The minimum Gasteiger partial charge on any atom is -0.381 e. The molecule has 1 aromatic heterocycles. The predicted molar refractivity (Wildman–Crippen MR) is 144 cm³/mol. The number of amides is 2. The van der Waals surface area contributed by atoms with Crippen LogP contribution in [-0.2, 0) is 20.8 Å². The maximum Gasteiger partial charge on any atom is 0.329 e. The quantitative estimate of drug-likeness (QED) is 0.417. The van der Waals surface area contributed by atoms with Crippen LogP contribution in [0.5, 0.6) is 0 Å². The van der Waals surface area contributed by atoms with Crippen molar-refractivity contribution in [2.75, 3.05) is 55.9 Å². The Labute approximate surface area is 222 Å². The van der Waals surface area contributed by atoms with E-state index in [1.54, 1.807) is 9.80 Å². The van der Waals surface area contributed by atoms with E-state index in [0.29, 0.717) is 57.4 Å². The summed E-state index contributed by atoms with van der Waals surface area (Å²) in [4.78, 5) is 37.3. The summed E-state index contributed by atoms with van der Waals surface area (Å²) in [5.41, 5.74) is 4.13. The summed E-state index contributed by atoms with van der Waals surface area (Å²) < 4.78 is 11.0. The molecule has 2 amide bonds. The summed E-state index contributed by atoms with van der Waals surface area (Å²) >= 11 is 6.09. The van der Waals surface area contributed by atoms with Crippen molar-refractivity contribution in [3.8, 4) is 0 Å². The molecule has 1 unspecified atom stereocenters. The Balaban J connectivity index is 1.42. The number of carbonyl (C=O) groups is 2. The first-order valence-corrected chi connectivity index (χ1v) is 13.4. The Morgan fingerprint density at radius 3 is 2.73 bits per heavy atom. The standard InChI is InChI=1S/C28H33ClN4O4/c1-2-11-36-12-3-4-26(34)21-15-24-27-25(16-23(17-30-27)31-9-13-37-14-10-31)32(28(35)33(24)19-21)18-20-5-7-22(29)8-6-20/h5-8,15-17,21H,2-4,9-14,18-19H2,1H3. The molecule has 0 aliphatic carbocycles. The first kappa shape index (κ1) is 25.7. The fourth-order valence-electron chi connectivity index (χ4n) is 5.01. The number of urea groups is 1. The molecule has 0 bridgehead atoms. The molecule has 3 aliphatic heterocycles. The summed E-state index contributed by atoms with van der Waals surface area (Å²) in [7, 11) is 0. The van der Waals surface area contributed by atoms with Gasteiger partial charge in [-0.2, -0.15) is 0 Å². The molecule has 0 N–H and O–H groups in total. The number of aromatic nitrogens is 1. The summed E-state index contributed by atoms with van der Waals surface area (Å²) in [6.45, 7) is 6.96. The third kappa shape index (κ3) is 5.66. The van der Waals surface area contributed by atoms with Gasteiger partial charge >= 0.3 is 6.03 Å². The highest BCUT2D eigenvalue weighted by Gasteiger charge is 2.41. The zero-order valence-corrected chi connectivity index (χ0v) is 22.0. The summed E-state index contributed by atoms with van der Waals surface area (Å²) in [6, 6.07) is 9.41. The molecule has 37 heavy (non-hydrogen) atoms. The molecular formula is C28H33ClN4O4. The molecule has 9 heteroatoms. The Bertz CT molecular complexity index is 1160. The van der Waals surface area contributed by atoms with E-state index in [2.05, 4.69) is 11.8 Å². The molecule has 8 nitrogen and oxygen atoms in total. The molecule has 1 atom stereocenters. The number of fused-ring (bicyclic) bond motifs is 3. The van der Waals surface area contributed by atoms with Gasteiger partial charge in [0.2, 0.25) is 0 Å². The minimum absolute atomic E-state index is 0.130. The van der Waals surface area contributed by atoms with Crippen LogP contribution in [0.25, 0.3) is 5.70 Å². The smallest absolute Gasteiger partial charge is 0.329 e. The Hall–Kier alpha value is -2.94. The molecule has 1 saturated heterocycles. The highest BCUT2D eigenvalue weighted by atomic mass is 35.5. The molecule has 4 heterocycles. The number of ether oxygens (including phenoxy) is 2. The number of nitrogens with zero attached hydrogens (tertiary/aromatic N) is 4. The number of rotatable bonds is 10. The first-order chi connectivity index (χ1) is 18.0. The topological polar surface area (TPSA) is 75.2 Å². The van der Waals surface area contributed by atoms with Crippen LogP contribution < -0.4 is 9.80 Å². The van der Waals surface area contributed by atoms with E-state index in [1.807, 2.05) is 42.6 Å². The summed E-state index contributed by atoms with van der Waals surface area (Å²) in [6.07, 6.45) is 5.87. The predicted octanol–water partition coefficient (Wildman–Crippen LogP) is 4.76. The number of hydrogen-bond donors (Lipinski definition) is 0. The SMILES string of the molecule is CCCOCCCC(=O)C1C=C2c3ncc(N4CCOCC4)cc3N(Cc3ccc(Cl)cc3)C(=O)N2C1. The lowest BCUT2D eigenvalue weighted by atomic mass is 10.0. The number of morpholine rings is 1. The average molecular weight is 525 g/mol. The fraction of sp³-hybridized carbons (Fsp3) is 0.464. The van der Waals surface area contributed by atoms with E-state index in [9.17, 15) is 9.59 Å². The number of hydrogen-bond acceptors (Lipinski definition) is 6. The van der Waals surface area contributed by atoms with Crippen LogP contribution in [0, 0.1) is 5.92 Å². The van der Waals surface area contributed by atoms with Gasteiger partial charge in [0.25, 0.3) is 0 Å². The van der Waals surface area contributed by atoms with E-state index in [4.69, 9.17) is 26.1 Å². The van der Waals surface area contributed by atoms with Crippen LogP contribution in [-0.4, -0.2) is 67.8 Å². The Kier molecular flexibility index (Phi) is 8.08. The largest absolute Gasteiger partial charge is 0.381 e. The number of Topliss-reactive ketones (excluding diaryl/α,β-unsaturated/α-hetero) is 1. The van der Waals surface area contributed by atoms with Gasteiger partial charge in [0.15, 0.2) is 0 Å². The Morgan fingerprint density at radius 2 is 1.97 bits per heavy atom. The molecule has 0 spiro atoms. The van der Waals surface area contributed by atoms with Gasteiger partial charge in [0.1, 0.15) is 11.5 Å². The van der Waals surface area contributed by atoms with Crippen molar-refractivity contribution < 1.29 is 19.1 Å².